The van der Waals surface area contributed by atoms with E-state index >= 15 is 0 Å². The average molecular weight is 787 g/mol. The third-order valence-corrected chi connectivity index (χ3v) is 9.70. The van der Waals surface area contributed by atoms with Crippen molar-refractivity contribution in [2.24, 2.45) is 0 Å². The Morgan fingerprint density at radius 3 is 0.800 bits per heavy atom. The lowest BCUT2D eigenvalue weighted by molar-refractivity contribution is 0.0655. The van der Waals surface area contributed by atoms with Gasteiger partial charge in [0.2, 0.25) is 0 Å². The molecule has 0 radical (unpaired) electrons. The first-order valence-electron chi connectivity index (χ1n) is 22.0. The summed E-state index contributed by atoms with van der Waals surface area (Å²) in [7, 11) is 0. The van der Waals surface area contributed by atoms with Crippen molar-refractivity contribution in [2.75, 3.05) is 13.2 Å². The van der Waals surface area contributed by atoms with Crippen LogP contribution in [0.15, 0.2) is 0 Å². The topological polar surface area (TPSA) is 163 Å². The van der Waals surface area contributed by atoms with Gasteiger partial charge in [0.25, 0.3) is 0 Å². The largest absolute Gasteiger partial charge is 0.446 e. The van der Waals surface area contributed by atoms with Crippen molar-refractivity contribution in [3.8, 4) is 0 Å². The van der Waals surface area contributed by atoms with Crippen LogP contribution in [0.2, 0.25) is 0 Å². The van der Waals surface area contributed by atoms with E-state index in [4.69, 9.17) is 23.7 Å². The Kier molecular flexibility index (Phi) is 33.5. The van der Waals surface area contributed by atoms with Crippen LogP contribution in [0.3, 0.4) is 0 Å². The van der Waals surface area contributed by atoms with E-state index in [1.807, 2.05) is 27.7 Å². The number of carbonyl (C=O) groups is 4. The number of carbonyl (C=O) groups excluding carboxylic acids is 4. The van der Waals surface area contributed by atoms with Crippen LogP contribution < -0.4 is 21.3 Å². The van der Waals surface area contributed by atoms with E-state index in [2.05, 4.69) is 49.0 Å². The average Bonchev–Trinajstić information content (AvgIpc) is 3.16. The number of hydrogen-bond donors (Lipinski definition) is 4. The van der Waals surface area contributed by atoms with E-state index < -0.39 is 36.7 Å². The van der Waals surface area contributed by atoms with Gasteiger partial charge in [-0.1, -0.05) is 107 Å². The summed E-state index contributed by atoms with van der Waals surface area (Å²) in [6.45, 7) is 16.7. The number of ether oxygens (including phenoxy) is 5. The van der Waals surface area contributed by atoms with E-state index in [1.165, 1.54) is 0 Å². The first-order valence-corrected chi connectivity index (χ1v) is 22.0. The van der Waals surface area contributed by atoms with Crippen molar-refractivity contribution in [1.82, 2.24) is 21.3 Å². The minimum Gasteiger partial charge on any atom is -0.446 e. The molecule has 4 unspecified atom stereocenters. The van der Waals surface area contributed by atoms with E-state index in [0.29, 0.717) is 25.7 Å². The quantitative estimate of drug-likeness (QED) is 0.0282. The van der Waals surface area contributed by atoms with E-state index in [9.17, 15) is 19.2 Å². The van der Waals surface area contributed by atoms with Gasteiger partial charge in [-0.15, -0.1) is 0 Å². The fourth-order valence-corrected chi connectivity index (χ4v) is 6.05. The summed E-state index contributed by atoms with van der Waals surface area (Å²) in [4.78, 5) is 51.8. The van der Waals surface area contributed by atoms with Crippen LogP contribution in [0.4, 0.5) is 19.2 Å². The third-order valence-electron chi connectivity index (χ3n) is 9.70. The maximum atomic E-state index is 12.9. The molecular weight excluding hydrogens is 704 g/mol. The Labute approximate surface area is 334 Å². The molecule has 55 heavy (non-hydrogen) atoms. The number of alkyl carbamates (subject to hydrolysis) is 4. The SMILES string of the molecule is CCCCCC(CC)OC(=O)NC(CCOCCC(NC(=O)OC(CC)CCCCC)NC(=O)OC(CC)CCCCC)NC(=O)OC(CC)CCCCC. The van der Waals surface area contributed by atoms with Crippen molar-refractivity contribution < 1.29 is 42.9 Å². The Hall–Kier alpha value is -2.96. The molecular formula is C42H82N4O9. The molecule has 0 rings (SSSR count). The zero-order chi connectivity index (χ0) is 41.1. The van der Waals surface area contributed by atoms with Crippen LogP contribution in [-0.2, 0) is 23.7 Å². The van der Waals surface area contributed by atoms with Crippen LogP contribution >= 0.6 is 0 Å². The molecule has 4 atom stereocenters. The predicted octanol–water partition coefficient (Wildman–Crippen LogP) is 10.8. The normalized spacial score (nSPS) is 14.4. The van der Waals surface area contributed by atoms with E-state index in [0.717, 1.165) is 103 Å². The first-order chi connectivity index (χ1) is 26.6. The smallest absolute Gasteiger partial charge is 0.409 e. The summed E-state index contributed by atoms with van der Waals surface area (Å²) < 4.78 is 28.7. The monoisotopic (exact) mass is 787 g/mol. The van der Waals surface area contributed by atoms with Gasteiger partial charge in [0.15, 0.2) is 0 Å². The molecule has 324 valence electrons. The second kappa shape index (κ2) is 35.5. The molecule has 0 bridgehead atoms. The van der Waals surface area contributed by atoms with Gasteiger partial charge in [0.05, 0.1) is 13.2 Å². The Morgan fingerprint density at radius 1 is 0.364 bits per heavy atom. The summed E-state index contributed by atoms with van der Waals surface area (Å²) in [6.07, 6.45) is 13.8. The van der Waals surface area contributed by atoms with Crippen LogP contribution in [-0.4, -0.2) is 74.3 Å². The summed E-state index contributed by atoms with van der Waals surface area (Å²) in [6, 6.07) is 0. The molecule has 0 aliphatic heterocycles. The first kappa shape index (κ1) is 52.0. The Morgan fingerprint density at radius 2 is 0.600 bits per heavy atom. The molecule has 0 aromatic carbocycles. The standard InChI is InChI=1S/C42H82N4O9/c1-9-17-21-25-33(13-5)52-39(47)43-37(44-40(48)53-34(14-6)26-22-18-10-2)29-31-51-32-30-38(45-41(49)54-35(15-7)27-23-19-11-3)46-42(50)55-36(16-8)28-24-20-12-4/h33-38H,9-32H2,1-8H3,(H,43,47)(H,44,48)(H,45,49)(H,46,50). The molecule has 0 saturated heterocycles. The van der Waals surface area contributed by atoms with E-state index in [1.54, 1.807) is 0 Å². The van der Waals surface area contributed by atoms with Crippen LogP contribution in [0, 0.1) is 0 Å². The lowest BCUT2D eigenvalue weighted by Crippen LogP contribution is -2.50. The lowest BCUT2D eigenvalue weighted by Gasteiger charge is -2.25. The summed E-state index contributed by atoms with van der Waals surface area (Å²) >= 11 is 0. The van der Waals surface area contributed by atoms with Gasteiger partial charge in [-0.25, -0.2) is 19.2 Å². The molecule has 0 aromatic heterocycles. The maximum Gasteiger partial charge on any atom is 0.409 e. The molecule has 4 N–H and O–H groups in total. The van der Waals surface area contributed by atoms with Gasteiger partial charge in [0, 0.05) is 12.8 Å². The highest BCUT2D eigenvalue weighted by Gasteiger charge is 2.23. The van der Waals surface area contributed by atoms with Gasteiger partial charge in [-0.05, 0) is 77.0 Å². The lowest BCUT2D eigenvalue weighted by atomic mass is 10.1. The Bertz CT molecular complexity index is 831. The molecule has 0 heterocycles. The zero-order valence-corrected chi connectivity index (χ0v) is 36.1. The molecule has 0 saturated carbocycles. The van der Waals surface area contributed by atoms with Crippen molar-refractivity contribution in [3.63, 3.8) is 0 Å². The second-order valence-corrected chi connectivity index (χ2v) is 14.6. The van der Waals surface area contributed by atoms with Crippen molar-refractivity contribution in [2.45, 2.75) is 233 Å². The summed E-state index contributed by atoms with van der Waals surface area (Å²) in [5.41, 5.74) is 0. The zero-order valence-electron chi connectivity index (χ0n) is 36.1. The highest BCUT2D eigenvalue weighted by Crippen LogP contribution is 2.14. The fourth-order valence-electron chi connectivity index (χ4n) is 6.05. The predicted molar refractivity (Wildman–Crippen MR) is 219 cm³/mol. The number of unbranched alkanes of at least 4 members (excludes halogenated alkanes) is 8. The minimum atomic E-state index is -0.810. The molecule has 13 nitrogen and oxygen atoms in total. The molecule has 4 amide bonds. The fraction of sp³-hybridized carbons (Fsp3) is 0.905. The molecule has 0 aromatic rings. The van der Waals surface area contributed by atoms with Crippen LogP contribution in [0.5, 0.6) is 0 Å². The molecule has 0 aliphatic rings. The molecule has 0 fully saturated rings. The third kappa shape index (κ3) is 29.0. The van der Waals surface area contributed by atoms with Gasteiger partial charge >= 0.3 is 24.4 Å². The van der Waals surface area contributed by atoms with Gasteiger partial charge in [-0.2, -0.15) is 0 Å². The van der Waals surface area contributed by atoms with Gasteiger partial charge in [0.1, 0.15) is 36.7 Å². The summed E-state index contributed by atoms with van der Waals surface area (Å²) in [5.74, 6) is 0. The van der Waals surface area contributed by atoms with Crippen molar-refractivity contribution >= 4 is 24.4 Å². The summed E-state index contributed by atoms with van der Waals surface area (Å²) in [5, 5.41) is 11.1. The number of nitrogens with one attached hydrogen (secondary N) is 4. The van der Waals surface area contributed by atoms with Crippen LogP contribution in [0.1, 0.15) is 197 Å². The Balaban J connectivity index is 5.54. The van der Waals surface area contributed by atoms with Gasteiger partial charge < -0.3 is 45.0 Å². The second-order valence-electron chi connectivity index (χ2n) is 14.6. The number of rotatable bonds is 34. The molecule has 13 heteroatoms. The minimum absolute atomic E-state index is 0.152. The highest BCUT2D eigenvalue weighted by atomic mass is 16.6. The van der Waals surface area contributed by atoms with Crippen LogP contribution in [0.25, 0.3) is 0 Å². The molecule has 0 spiro atoms. The van der Waals surface area contributed by atoms with Gasteiger partial charge in [-0.3, -0.25) is 0 Å². The maximum absolute atomic E-state index is 12.9. The molecule has 0 aliphatic carbocycles. The highest BCUT2D eigenvalue weighted by molar-refractivity contribution is 5.71. The van der Waals surface area contributed by atoms with Crippen molar-refractivity contribution in [3.05, 3.63) is 0 Å². The van der Waals surface area contributed by atoms with Crippen molar-refractivity contribution in [1.29, 1.82) is 0 Å². The van der Waals surface area contributed by atoms with E-state index in [-0.39, 0.29) is 50.5 Å². The number of amides is 4. The number of hydrogen-bond acceptors (Lipinski definition) is 9.